The Morgan fingerprint density at radius 2 is 2.31 bits per heavy atom. The molecule has 2 atom stereocenters. The molecule has 1 aliphatic rings. The van der Waals surface area contributed by atoms with Gasteiger partial charge in [-0.25, -0.2) is 17.8 Å². The molecular weight excluding hydrogens is 213 g/mol. The van der Waals surface area contributed by atoms with Crippen LogP contribution in [0.15, 0.2) is 9.72 Å². The van der Waals surface area contributed by atoms with E-state index in [9.17, 15) is 12.8 Å². The van der Waals surface area contributed by atoms with Gasteiger partial charge in [-0.1, -0.05) is 0 Å². The van der Waals surface area contributed by atoms with E-state index in [2.05, 4.69) is 4.98 Å². The molecule has 6 heteroatoms. The molecule has 1 saturated carbocycles. The third-order valence-electron chi connectivity index (χ3n) is 1.90. The number of halogens is 1. The summed E-state index contributed by atoms with van der Waals surface area (Å²) in [5, 5.41) is 0.820. The molecule has 0 amide bonds. The summed E-state index contributed by atoms with van der Waals surface area (Å²) in [7, 11) is -3.46. The van der Waals surface area contributed by atoms with Crippen LogP contribution in [0.4, 0.5) is 4.39 Å². The molecule has 1 aromatic rings. The molecule has 0 spiro atoms. The van der Waals surface area contributed by atoms with Crippen molar-refractivity contribution in [2.24, 2.45) is 0 Å². The van der Waals surface area contributed by atoms with Gasteiger partial charge in [0.2, 0.25) is 14.2 Å². The summed E-state index contributed by atoms with van der Waals surface area (Å²) < 4.78 is 35.7. The Morgan fingerprint density at radius 3 is 2.69 bits per heavy atom. The second kappa shape index (κ2) is 2.75. The number of hydrogen-bond donors (Lipinski definition) is 0. The molecule has 0 aromatic carbocycles. The smallest absolute Gasteiger partial charge is 0.211 e. The third-order valence-corrected chi connectivity index (χ3v) is 5.50. The highest BCUT2D eigenvalue weighted by Crippen LogP contribution is 2.37. The van der Waals surface area contributed by atoms with E-state index in [1.807, 2.05) is 0 Å². The Balaban J connectivity index is 2.35. The minimum atomic E-state index is -3.46. The van der Waals surface area contributed by atoms with Gasteiger partial charge in [0.15, 0.2) is 0 Å². The van der Waals surface area contributed by atoms with Crippen LogP contribution < -0.4 is 0 Å². The van der Waals surface area contributed by atoms with Gasteiger partial charge in [0, 0.05) is 11.1 Å². The maximum Gasteiger partial charge on any atom is 0.211 e. The first kappa shape index (κ1) is 9.08. The Bertz CT molecular complexity index is 425. The zero-order chi connectivity index (χ0) is 9.64. The van der Waals surface area contributed by atoms with Gasteiger partial charge in [-0.15, -0.1) is 11.3 Å². The topological polar surface area (TPSA) is 47.0 Å². The molecule has 13 heavy (non-hydrogen) atoms. The number of sulfone groups is 1. The average molecular weight is 221 g/mol. The molecule has 0 radical (unpaired) electrons. The van der Waals surface area contributed by atoms with Crippen molar-refractivity contribution >= 4 is 21.2 Å². The lowest BCUT2D eigenvalue weighted by molar-refractivity contribution is 0.477. The summed E-state index contributed by atoms with van der Waals surface area (Å²) in [6, 6.07) is 0. The van der Waals surface area contributed by atoms with Crippen LogP contribution in [0.25, 0.3) is 0 Å². The van der Waals surface area contributed by atoms with Crippen LogP contribution in [0.1, 0.15) is 12.1 Å². The second-order valence-electron chi connectivity index (χ2n) is 3.09. The van der Waals surface area contributed by atoms with Gasteiger partial charge in [-0.3, -0.25) is 0 Å². The van der Waals surface area contributed by atoms with Crippen LogP contribution in [0.2, 0.25) is 0 Å². The average Bonchev–Trinajstić information content (AvgIpc) is 2.60. The maximum absolute atomic E-state index is 12.6. The first-order valence-corrected chi connectivity index (χ1v) is 6.24. The summed E-state index contributed by atoms with van der Waals surface area (Å²) in [6.45, 7) is 1.72. The summed E-state index contributed by atoms with van der Waals surface area (Å²) in [5.74, 6) is 0. The SMILES string of the molecule is Cc1csc(S(=O)(=O)[C@@H]2C[C@H]2F)n1. The molecule has 0 bridgehead atoms. The largest absolute Gasteiger partial charge is 0.246 e. The fourth-order valence-corrected chi connectivity index (χ4v) is 3.99. The van der Waals surface area contributed by atoms with Crippen LogP contribution in [-0.2, 0) is 9.84 Å². The van der Waals surface area contributed by atoms with Crippen molar-refractivity contribution in [3.05, 3.63) is 11.1 Å². The van der Waals surface area contributed by atoms with E-state index in [1.54, 1.807) is 12.3 Å². The molecule has 3 nitrogen and oxygen atoms in total. The van der Waals surface area contributed by atoms with Crippen molar-refractivity contribution in [2.45, 2.75) is 29.1 Å². The number of hydrogen-bond acceptors (Lipinski definition) is 4. The van der Waals surface area contributed by atoms with Gasteiger partial charge >= 0.3 is 0 Å². The molecule has 72 valence electrons. The monoisotopic (exact) mass is 221 g/mol. The molecule has 1 fully saturated rings. The van der Waals surface area contributed by atoms with Crippen LogP contribution in [0.3, 0.4) is 0 Å². The van der Waals surface area contributed by atoms with E-state index >= 15 is 0 Å². The van der Waals surface area contributed by atoms with Crippen LogP contribution >= 0.6 is 11.3 Å². The Hall–Kier alpha value is -0.490. The number of nitrogens with zero attached hydrogens (tertiary/aromatic N) is 1. The fourth-order valence-electron chi connectivity index (χ4n) is 1.06. The molecule has 0 aliphatic heterocycles. The molecule has 0 unspecified atom stereocenters. The molecule has 0 N–H and O–H groups in total. The third kappa shape index (κ3) is 1.48. The molecular formula is C7H8FNO2S2. The first-order chi connectivity index (χ1) is 6.01. The Labute approximate surface area is 79.5 Å². The van der Waals surface area contributed by atoms with Crippen molar-refractivity contribution in [3.8, 4) is 0 Å². The lowest BCUT2D eigenvalue weighted by atomic mass is 10.6. The number of rotatable bonds is 2. The van der Waals surface area contributed by atoms with Gasteiger partial charge in [-0.2, -0.15) is 0 Å². The van der Waals surface area contributed by atoms with Gasteiger partial charge in [0.25, 0.3) is 0 Å². The molecule has 1 aliphatic carbocycles. The highest BCUT2D eigenvalue weighted by atomic mass is 32.2. The van der Waals surface area contributed by atoms with Gasteiger partial charge in [-0.05, 0) is 13.3 Å². The normalized spacial score (nSPS) is 27.5. The van der Waals surface area contributed by atoms with Gasteiger partial charge < -0.3 is 0 Å². The summed E-state index contributed by atoms with van der Waals surface area (Å²) in [4.78, 5) is 3.84. The number of aryl methyl sites for hydroxylation is 1. The highest BCUT2D eigenvalue weighted by Gasteiger charge is 2.49. The predicted molar refractivity (Wildman–Crippen MR) is 47.3 cm³/mol. The van der Waals surface area contributed by atoms with Crippen molar-refractivity contribution in [2.75, 3.05) is 0 Å². The van der Waals surface area contributed by atoms with Crippen LogP contribution in [-0.4, -0.2) is 24.8 Å². The number of thiazole rings is 1. The fraction of sp³-hybridized carbons (Fsp3) is 0.571. The summed E-state index contributed by atoms with van der Waals surface area (Å²) in [5.41, 5.74) is 0.666. The second-order valence-corrected chi connectivity index (χ2v) is 6.29. The quantitative estimate of drug-likeness (QED) is 0.757. The lowest BCUT2D eigenvalue weighted by Gasteiger charge is -1.94. The van der Waals surface area contributed by atoms with Crippen LogP contribution in [0.5, 0.6) is 0 Å². The zero-order valence-electron chi connectivity index (χ0n) is 6.90. The van der Waals surface area contributed by atoms with E-state index in [0.717, 1.165) is 11.3 Å². The van der Waals surface area contributed by atoms with E-state index in [1.165, 1.54) is 0 Å². The molecule has 1 aromatic heterocycles. The van der Waals surface area contributed by atoms with Crippen molar-refractivity contribution in [3.63, 3.8) is 0 Å². The standard InChI is InChI=1S/C7H8FNO2S2/c1-4-3-12-7(9-4)13(10,11)6-2-5(6)8/h3,5-6H,2H2,1H3/t5-,6-/m1/s1. The van der Waals surface area contributed by atoms with E-state index in [4.69, 9.17) is 0 Å². The predicted octanol–water partition coefficient (Wildman–Crippen LogP) is 1.34. The van der Waals surface area contributed by atoms with E-state index < -0.39 is 21.3 Å². The molecule has 1 heterocycles. The Kier molecular flexibility index (Phi) is 1.92. The van der Waals surface area contributed by atoms with Gasteiger partial charge in [0.1, 0.15) is 11.4 Å². The van der Waals surface area contributed by atoms with Crippen molar-refractivity contribution < 1.29 is 12.8 Å². The minimum Gasteiger partial charge on any atom is -0.246 e. The minimum absolute atomic E-state index is 0.0511. The van der Waals surface area contributed by atoms with Gasteiger partial charge in [0.05, 0.1) is 0 Å². The zero-order valence-corrected chi connectivity index (χ0v) is 8.53. The summed E-state index contributed by atoms with van der Waals surface area (Å²) >= 11 is 1.06. The molecule has 0 saturated heterocycles. The highest BCUT2D eigenvalue weighted by molar-refractivity contribution is 7.94. The van der Waals surface area contributed by atoms with E-state index in [0.29, 0.717) is 5.69 Å². The van der Waals surface area contributed by atoms with E-state index in [-0.39, 0.29) is 10.8 Å². The maximum atomic E-state index is 12.6. The Morgan fingerprint density at radius 1 is 1.69 bits per heavy atom. The molecule has 2 rings (SSSR count). The summed E-state index contributed by atoms with van der Waals surface area (Å²) in [6.07, 6.45) is -1.06. The van der Waals surface area contributed by atoms with Crippen molar-refractivity contribution in [1.82, 2.24) is 4.98 Å². The number of alkyl halides is 1. The lowest BCUT2D eigenvalue weighted by Crippen LogP contribution is -2.09. The first-order valence-electron chi connectivity index (χ1n) is 3.82. The number of aromatic nitrogens is 1. The van der Waals surface area contributed by atoms with Crippen LogP contribution in [0, 0.1) is 6.92 Å². The van der Waals surface area contributed by atoms with Crippen molar-refractivity contribution in [1.29, 1.82) is 0 Å².